The van der Waals surface area contributed by atoms with E-state index in [0.29, 0.717) is 21.5 Å². The predicted molar refractivity (Wildman–Crippen MR) is 85.8 cm³/mol. The van der Waals surface area contributed by atoms with Crippen LogP contribution in [0.15, 0.2) is 51.4 Å². The van der Waals surface area contributed by atoms with Crippen LogP contribution in [0.5, 0.6) is 11.5 Å². The molecule has 2 rings (SSSR count). The summed E-state index contributed by atoms with van der Waals surface area (Å²) >= 11 is 6.69. The number of benzene rings is 2. The largest absolute Gasteiger partial charge is 0.497 e. The summed E-state index contributed by atoms with van der Waals surface area (Å²) in [5, 5.41) is 9.38. The van der Waals surface area contributed by atoms with Crippen LogP contribution in [0.3, 0.4) is 0 Å². The normalized spacial score (nSPS) is 11.8. The Labute approximate surface area is 139 Å². The fourth-order valence-corrected chi connectivity index (χ4v) is 2.88. The molecular formula is C15H12Br2O4. The van der Waals surface area contributed by atoms with Gasteiger partial charge in [-0.3, -0.25) is 0 Å². The molecule has 0 bridgehead atoms. The quantitative estimate of drug-likeness (QED) is 0.784. The first-order chi connectivity index (χ1) is 10.0. The van der Waals surface area contributed by atoms with E-state index in [2.05, 4.69) is 31.9 Å². The van der Waals surface area contributed by atoms with E-state index in [1.54, 1.807) is 49.6 Å². The topological polar surface area (TPSA) is 55.8 Å². The molecule has 1 unspecified atom stereocenters. The molecule has 0 heterocycles. The summed E-state index contributed by atoms with van der Waals surface area (Å²) in [7, 11) is 1.55. The van der Waals surface area contributed by atoms with Gasteiger partial charge in [0.2, 0.25) is 6.10 Å². The zero-order valence-corrected chi connectivity index (χ0v) is 14.2. The minimum atomic E-state index is -1.09. The minimum absolute atomic E-state index is 0.460. The van der Waals surface area contributed by atoms with E-state index in [-0.39, 0.29) is 0 Å². The number of hydrogen-bond acceptors (Lipinski definition) is 3. The number of halogens is 2. The van der Waals surface area contributed by atoms with Crippen LogP contribution in [0.1, 0.15) is 11.7 Å². The molecule has 0 aliphatic rings. The Balaban J connectivity index is 2.28. The number of carboxylic acid groups (broad SMARTS) is 1. The summed E-state index contributed by atoms with van der Waals surface area (Å²) in [5.41, 5.74) is 0.540. The van der Waals surface area contributed by atoms with Crippen molar-refractivity contribution in [3.05, 3.63) is 57.0 Å². The van der Waals surface area contributed by atoms with Gasteiger partial charge in [-0.1, -0.05) is 28.1 Å². The summed E-state index contributed by atoms with van der Waals surface area (Å²) < 4.78 is 12.2. The molecule has 21 heavy (non-hydrogen) atoms. The van der Waals surface area contributed by atoms with Crippen LogP contribution in [0.4, 0.5) is 0 Å². The minimum Gasteiger partial charge on any atom is -0.497 e. The SMILES string of the molecule is COc1ccc(C(Oc2ccc(Br)cc2Br)C(=O)O)cc1. The number of hydrogen-bond donors (Lipinski definition) is 1. The van der Waals surface area contributed by atoms with Crippen molar-refractivity contribution < 1.29 is 19.4 Å². The smallest absolute Gasteiger partial charge is 0.349 e. The van der Waals surface area contributed by atoms with Crippen LogP contribution < -0.4 is 9.47 Å². The second-order valence-electron chi connectivity index (χ2n) is 4.18. The number of aliphatic carboxylic acids is 1. The summed E-state index contributed by atoms with van der Waals surface area (Å²) in [6.45, 7) is 0. The Morgan fingerprint density at radius 2 is 1.81 bits per heavy atom. The lowest BCUT2D eigenvalue weighted by Gasteiger charge is -2.17. The Bertz CT molecular complexity index is 641. The Morgan fingerprint density at radius 3 is 2.33 bits per heavy atom. The first-order valence-electron chi connectivity index (χ1n) is 5.99. The van der Waals surface area contributed by atoms with E-state index >= 15 is 0 Å². The van der Waals surface area contributed by atoms with Crippen LogP contribution in [-0.2, 0) is 4.79 Å². The van der Waals surface area contributed by atoms with Crippen LogP contribution in [-0.4, -0.2) is 18.2 Å². The lowest BCUT2D eigenvalue weighted by atomic mass is 10.1. The van der Waals surface area contributed by atoms with Gasteiger partial charge < -0.3 is 14.6 Å². The van der Waals surface area contributed by atoms with Gasteiger partial charge in [0.25, 0.3) is 0 Å². The molecular weight excluding hydrogens is 404 g/mol. The van der Waals surface area contributed by atoms with Gasteiger partial charge in [0.1, 0.15) is 11.5 Å². The fourth-order valence-electron chi connectivity index (χ4n) is 1.74. The monoisotopic (exact) mass is 414 g/mol. The zero-order chi connectivity index (χ0) is 15.4. The maximum atomic E-state index is 11.5. The van der Waals surface area contributed by atoms with E-state index in [0.717, 1.165) is 4.47 Å². The van der Waals surface area contributed by atoms with Crippen LogP contribution in [0, 0.1) is 0 Å². The standard InChI is InChI=1S/C15H12Br2O4/c1-20-11-5-2-9(3-6-11)14(15(18)19)21-13-7-4-10(16)8-12(13)17/h2-8,14H,1H3,(H,18,19). The summed E-state index contributed by atoms with van der Waals surface area (Å²) in [6, 6.07) is 12.0. The van der Waals surface area contributed by atoms with E-state index < -0.39 is 12.1 Å². The Hall–Kier alpha value is -1.53. The average molecular weight is 416 g/mol. The first kappa shape index (κ1) is 15.9. The molecule has 0 spiro atoms. The van der Waals surface area contributed by atoms with E-state index in [4.69, 9.17) is 9.47 Å². The highest BCUT2D eigenvalue weighted by Crippen LogP contribution is 2.32. The molecule has 0 aromatic heterocycles. The molecule has 1 atom stereocenters. The maximum Gasteiger partial charge on any atom is 0.349 e. The van der Waals surface area contributed by atoms with Crippen LogP contribution >= 0.6 is 31.9 Å². The Morgan fingerprint density at radius 1 is 1.14 bits per heavy atom. The predicted octanol–water partition coefficient (Wildman–Crippen LogP) is 4.42. The van der Waals surface area contributed by atoms with Crippen molar-refractivity contribution in [3.8, 4) is 11.5 Å². The molecule has 2 aromatic carbocycles. The van der Waals surface area contributed by atoms with Crippen molar-refractivity contribution in [3.63, 3.8) is 0 Å². The molecule has 6 heteroatoms. The molecule has 0 radical (unpaired) electrons. The molecule has 0 fully saturated rings. The van der Waals surface area contributed by atoms with Gasteiger partial charge in [-0.2, -0.15) is 0 Å². The highest BCUT2D eigenvalue weighted by molar-refractivity contribution is 9.11. The van der Waals surface area contributed by atoms with Gasteiger partial charge in [-0.25, -0.2) is 4.79 Å². The third-order valence-electron chi connectivity index (χ3n) is 2.78. The number of methoxy groups -OCH3 is 1. The van der Waals surface area contributed by atoms with Gasteiger partial charge in [-0.15, -0.1) is 0 Å². The summed E-state index contributed by atoms with van der Waals surface area (Å²) in [5.74, 6) is 0.0594. The first-order valence-corrected chi connectivity index (χ1v) is 7.58. The lowest BCUT2D eigenvalue weighted by Crippen LogP contribution is -2.18. The van der Waals surface area contributed by atoms with Crippen molar-refractivity contribution in [2.24, 2.45) is 0 Å². The van der Waals surface area contributed by atoms with Crippen LogP contribution in [0.2, 0.25) is 0 Å². The molecule has 0 saturated carbocycles. The molecule has 0 amide bonds. The van der Waals surface area contributed by atoms with Crippen LogP contribution in [0.25, 0.3) is 0 Å². The van der Waals surface area contributed by atoms with Crippen molar-refractivity contribution in [1.82, 2.24) is 0 Å². The number of ether oxygens (including phenoxy) is 2. The molecule has 1 N–H and O–H groups in total. The van der Waals surface area contributed by atoms with Crippen molar-refractivity contribution >= 4 is 37.8 Å². The number of carbonyl (C=O) groups is 1. The fraction of sp³-hybridized carbons (Fsp3) is 0.133. The summed E-state index contributed by atoms with van der Waals surface area (Å²) in [6.07, 6.45) is -1.09. The second kappa shape index (κ2) is 6.95. The van der Waals surface area contributed by atoms with Gasteiger partial charge in [-0.05, 0) is 46.3 Å². The third kappa shape index (κ3) is 3.98. The average Bonchev–Trinajstić information content (AvgIpc) is 2.46. The Kier molecular flexibility index (Phi) is 5.25. The van der Waals surface area contributed by atoms with Gasteiger partial charge in [0, 0.05) is 10.0 Å². The molecule has 110 valence electrons. The van der Waals surface area contributed by atoms with E-state index in [1.807, 2.05) is 0 Å². The second-order valence-corrected chi connectivity index (χ2v) is 5.95. The molecule has 0 aliphatic carbocycles. The highest BCUT2D eigenvalue weighted by Gasteiger charge is 2.23. The molecule has 0 aliphatic heterocycles. The summed E-state index contributed by atoms with van der Waals surface area (Å²) in [4.78, 5) is 11.5. The van der Waals surface area contributed by atoms with E-state index in [1.165, 1.54) is 0 Å². The van der Waals surface area contributed by atoms with Crippen molar-refractivity contribution in [2.45, 2.75) is 6.10 Å². The maximum absolute atomic E-state index is 11.5. The molecule has 4 nitrogen and oxygen atoms in total. The number of carboxylic acids is 1. The highest BCUT2D eigenvalue weighted by atomic mass is 79.9. The van der Waals surface area contributed by atoms with Gasteiger partial charge in [0.15, 0.2) is 0 Å². The molecule has 2 aromatic rings. The van der Waals surface area contributed by atoms with Crippen molar-refractivity contribution in [1.29, 1.82) is 0 Å². The number of rotatable bonds is 5. The van der Waals surface area contributed by atoms with Crippen molar-refractivity contribution in [2.75, 3.05) is 7.11 Å². The lowest BCUT2D eigenvalue weighted by molar-refractivity contribution is -0.145. The van der Waals surface area contributed by atoms with E-state index in [9.17, 15) is 9.90 Å². The zero-order valence-electron chi connectivity index (χ0n) is 11.0. The molecule has 0 saturated heterocycles. The third-order valence-corrected chi connectivity index (χ3v) is 3.89. The van der Waals surface area contributed by atoms with Gasteiger partial charge >= 0.3 is 5.97 Å². The van der Waals surface area contributed by atoms with Gasteiger partial charge in [0.05, 0.1) is 11.6 Å².